The minimum Gasteiger partial charge on any atom is -0.504 e. The molecule has 5 aromatic rings. The van der Waals surface area contributed by atoms with Crippen LogP contribution < -0.4 is 4.74 Å². The van der Waals surface area contributed by atoms with Gasteiger partial charge >= 0.3 is 0 Å². The molecule has 4 aromatic carbocycles. The highest BCUT2D eigenvalue weighted by Gasteiger charge is 2.74. The average molecular weight is 637 g/mol. The van der Waals surface area contributed by atoms with Crippen LogP contribution in [0.3, 0.4) is 0 Å². The predicted octanol–water partition coefficient (Wildman–Crippen LogP) is 8.44. The van der Waals surface area contributed by atoms with Gasteiger partial charge in [-0.1, -0.05) is 86.6 Å². The third-order valence-corrected chi connectivity index (χ3v) is 12.6. The van der Waals surface area contributed by atoms with E-state index in [0.717, 1.165) is 44.8 Å². The molecule has 3 heterocycles. The van der Waals surface area contributed by atoms with Crippen LogP contribution in [0.1, 0.15) is 84.2 Å². The maximum Gasteiger partial charge on any atom is 0.166 e. The first-order valence-corrected chi connectivity index (χ1v) is 18.1. The molecular weight excluding hydrogens is 592 g/mol. The first-order chi connectivity index (χ1) is 23.5. The fourth-order valence-electron chi connectivity index (χ4n) is 10.2. The van der Waals surface area contributed by atoms with Crippen LogP contribution in [0.25, 0.3) is 10.9 Å². The quantitative estimate of drug-likeness (QED) is 0.186. The van der Waals surface area contributed by atoms with E-state index in [0.29, 0.717) is 18.3 Å². The average Bonchev–Trinajstić information content (AvgIpc) is 3.79. The van der Waals surface area contributed by atoms with Gasteiger partial charge in [-0.3, -0.25) is 4.90 Å². The van der Waals surface area contributed by atoms with E-state index in [1.54, 1.807) is 0 Å². The van der Waals surface area contributed by atoms with E-state index >= 15 is 0 Å². The molecule has 1 spiro atoms. The third-order valence-electron chi connectivity index (χ3n) is 12.6. The molecule has 244 valence electrons. The van der Waals surface area contributed by atoms with Crippen molar-refractivity contribution in [1.82, 2.24) is 9.47 Å². The Morgan fingerprint density at radius 1 is 0.938 bits per heavy atom. The first-order valence-electron chi connectivity index (χ1n) is 18.1. The number of nitrogens with zero attached hydrogens (tertiary/aromatic N) is 2. The second-order valence-corrected chi connectivity index (χ2v) is 15.5. The molecule has 2 aliphatic heterocycles. The lowest BCUT2D eigenvalue weighted by Crippen LogP contribution is -2.75. The van der Waals surface area contributed by atoms with Gasteiger partial charge in [0.05, 0.1) is 17.7 Å². The van der Waals surface area contributed by atoms with Gasteiger partial charge in [-0.05, 0) is 90.1 Å². The molecule has 0 radical (unpaired) electrons. The van der Waals surface area contributed by atoms with Crippen LogP contribution in [-0.4, -0.2) is 39.3 Å². The van der Waals surface area contributed by atoms with Gasteiger partial charge in [0, 0.05) is 42.0 Å². The second kappa shape index (κ2) is 10.5. The molecule has 0 amide bonds. The van der Waals surface area contributed by atoms with Crippen LogP contribution in [0.15, 0.2) is 91.0 Å². The smallest absolute Gasteiger partial charge is 0.166 e. The summed E-state index contributed by atoms with van der Waals surface area (Å²) in [7, 11) is 0. The van der Waals surface area contributed by atoms with Crippen molar-refractivity contribution in [1.29, 1.82) is 0 Å². The van der Waals surface area contributed by atoms with Gasteiger partial charge in [-0.2, -0.15) is 0 Å². The van der Waals surface area contributed by atoms with Gasteiger partial charge in [0.2, 0.25) is 0 Å². The van der Waals surface area contributed by atoms with E-state index in [1.807, 2.05) is 6.07 Å². The Morgan fingerprint density at radius 2 is 1.71 bits per heavy atom. The molecule has 2 bridgehead atoms. The molecule has 3 aliphatic carbocycles. The third kappa shape index (κ3) is 3.98. The summed E-state index contributed by atoms with van der Waals surface area (Å²) in [6.07, 6.45) is 5.10. The van der Waals surface area contributed by atoms with E-state index < -0.39 is 11.0 Å². The molecule has 5 aliphatic rings. The largest absolute Gasteiger partial charge is 0.504 e. The summed E-state index contributed by atoms with van der Waals surface area (Å²) in [6.45, 7) is 8.07. The molecule has 0 unspecified atom stereocenters. The lowest BCUT2D eigenvalue weighted by molar-refractivity contribution is -0.211. The second-order valence-electron chi connectivity index (χ2n) is 15.5. The number of phenolic OH excluding ortho intramolecular Hbond substituents is 1. The number of hydrogen-bond acceptors (Lipinski definition) is 4. The molecule has 4 atom stereocenters. The number of rotatable bonds is 8. The number of aromatic nitrogens is 1. The van der Waals surface area contributed by atoms with Crippen LogP contribution in [-0.2, 0) is 36.1 Å². The molecule has 5 nitrogen and oxygen atoms in total. The van der Waals surface area contributed by atoms with Crippen molar-refractivity contribution < 1.29 is 14.6 Å². The Hall–Kier alpha value is -4.06. The summed E-state index contributed by atoms with van der Waals surface area (Å²) in [4.78, 5) is 2.80. The van der Waals surface area contributed by atoms with Gasteiger partial charge in [0.15, 0.2) is 17.6 Å². The number of phenols is 1. The summed E-state index contributed by atoms with van der Waals surface area (Å²) in [5.41, 5.74) is 9.35. The van der Waals surface area contributed by atoms with E-state index in [9.17, 15) is 5.11 Å². The van der Waals surface area contributed by atoms with Crippen LogP contribution >= 0.6 is 0 Å². The fraction of sp³-hybridized carbons (Fsp3) is 0.395. The Morgan fingerprint density at radius 3 is 2.46 bits per heavy atom. The zero-order chi connectivity index (χ0) is 32.2. The first kappa shape index (κ1) is 28.9. The minimum atomic E-state index is -0.514. The molecule has 5 heteroatoms. The number of aromatic hydroxyl groups is 1. The number of fused-ring (bicyclic) bond motifs is 4. The van der Waals surface area contributed by atoms with Crippen LogP contribution in [0.2, 0.25) is 0 Å². The lowest BCUT2D eigenvalue weighted by atomic mass is 9.48. The summed E-state index contributed by atoms with van der Waals surface area (Å²) in [5, 5.41) is 12.8. The topological polar surface area (TPSA) is 46.9 Å². The summed E-state index contributed by atoms with van der Waals surface area (Å²) in [5.74, 6) is 2.16. The highest BCUT2D eigenvalue weighted by Crippen LogP contribution is 2.70. The van der Waals surface area contributed by atoms with E-state index in [1.165, 1.54) is 62.8 Å². The molecule has 1 N–H and O–H groups in total. The summed E-state index contributed by atoms with van der Waals surface area (Å²) in [6, 6.07) is 32.9. The number of ether oxygens (including phenoxy) is 2. The monoisotopic (exact) mass is 636 g/mol. The Balaban J connectivity index is 1.25. The van der Waals surface area contributed by atoms with Gasteiger partial charge in [0.1, 0.15) is 5.60 Å². The zero-order valence-electron chi connectivity index (χ0n) is 28.0. The van der Waals surface area contributed by atoms with Crippen molar-refractivity contribution >= 4 is 10.9 Å². The van der Waals surface area contributed by atoms with Crippen molar-refractivity contribution in [2.24, 2.45) is 5.92 Å². The lowest BCUT2D eigenvalue weighted by Gasteiger charge is -2.64. The normalized spacial score (nSPS) is 26.8. The van der Waals surface area contributed by atoms with Crippen LogP contribution in [0.4, 0.5) is 0 Å². The molecule has 10 rings (SSSR count). The number of hydrogen-bond donors (Lipinski definition) is 1. The van der Waals surface area contributed by atoms with Gasteiger partial charge in [-0.25, -0.2) is 0 Å². The molecule has 1 saturated carbocycles. The summed E-state index contributed by atoms with van der Waals surface area (Å²) < 4.78 is 17.5. The van der Waals surface area contributed by atoms with Crippen molar-refractivity contribution in [3.63, 3.8) is 0 Å². The van der Waals surface area contributed by atoms with E-state index in [2.05, 4.69) is 108 Å². The number of likely N-dealkylation sites (tertiary alicyclic amines) is 1. The van der Waals surface area contributed by atoms with Crippen LogP contribution in [0.5, 0.6) is 11.5 Å². The number of piperidine rings is 1. The van der Waals surface area contributed by atoms with Crippen molar-refractivity contribution in [2.45, 2.75) is 88.2 Å². The summed E-state index contributed by atoms with van der Waals surface area (Å²) >= 11 is 0. The molecular formula is C43H44N2O3. The van der Waals surface area contributed by atoms with Crippen LogP contribution in [0, 0.1) is 5.92 Å². The minimum absolute atomic E-state index is 0.221. The number of benzene rings is 4. The predicted molar refractivity (Wildman–Crippen MR) is 189 cm³/mol. The van der Waals surface area contributed by atoms with Crippen molar-refractivity contribution in [2.75, 3.05) is 13.1 Å². The molecule has 1 saturated heterocycles. The standard InChI is InChI=1S/C43H44N2O3/c1-27(2)31-15-17-35-33(21-31)34-23-43(47-26-30-11-7-4-8-12-30)37-22-32-16-18-36(46)40-38(32)42(43,19-20-44(37)24-29-13-14-29)41(48-40)39(34)45(35)25-28-9-5-3-6-10-28/h3-12,15-18,21,27,29,37,41,46H,13-14,19-20,22-26H2,1-2H3/t37-,41-,42-,43+/m0/s1. The Kier molecular flexibility index (Phi) is 6.30. The maximum atomic E-state index is 11.5. The van der Waals surface area contributed by atoms with Gasteiger partial charge < -0.3 is 19.1 Å². The SMILES string of the molecule is CC(C)c1ccc2c(c1)c1c(n2Cc2ccccc2)[C@@H]2Oc3c(O)ccc4c3[C@@]23CCN(CC2CC2)[C@@H](C4)[C@]3(OCc2ccccc2)C1. The van der Waals surface area contributed by atoms with E-state index in [4.69, 9.17) is 9.47 Å². The molecule has 48 heavy (non-hydrogen) atoms. The van der Waals surface area contributed by atoms with Crippen molar-refractivity contribution in [3.05, 3.63) is 130 Å². The fourth-order valence-corrected chi connectivity index (χ4v) is 10.2. The van der Waals surface area contributed by atoms with E-state index in [-0.39, 0.29) is 17.9 Å². The Labute approximate surface area is 283 Å². The van der Waals surface area contributed by atoms with Gasteiger partial charge in [-0.15, -0.1) is 0 Å². The Bertz CT molecular complexity index is 2050. The zero-order valence-corrected chi connectivity index (χ0v) is 28.0. The highest BCUT2D eigenvalue weighted by molar-refractivity contribution is 5.88. The maximum absolute atomic E-state index is 11.5. The van der Waals surface area contributed by atoms with Gasteiger partial charge in [0.25, 0.3) is 0 Å². The molecule has 1 aromatic heterocycles. The molecule has 2 fully saturated rings. The highest BCUT2D eigenvalue weighted by atomic mass is 16.5. The van der Waals surface area contributed by atoms with Crippen molar-refractivity contribution in [3.8, 4) is 11.5 Å².